The molecule has 0 fully saturated rings. The molecule has 20 rings (SSSR count). The Balaban J connectivity index is 0.928. The highest BCUT2D eigenvalue weighted by molar-refractivity contribution is 7.00. The standard InChI is InChI=1S/C85H53BN4/c1-3-21-54(22-4-1)56-39-42-58(43-40-56)87-80-48-41-57(55-23-5-2-6-24-55)49-75(80)86-74-47-45-60(88-76-35-17-10-28-66(76)67-29-11-18-36-77(67)88)51-81(74)89(83-53-61(52-82(87)84(83)86)90-78-37-19-12-30-68(78)69-31-13-20-38-79(69)90)59-44-46-65-64-27-9-16-34-72(64)85(73(65)50-59)70-32-14-7-25-62(70)63-26-8-15-33-71(63)85/h1-53H. The van der Waals surface area contributed by atoms with Crippen molar-refractivity contribution in [3.05, 3.63) is 344 Å². The molecule has 90 heavy (non-hydrogen) atoms. The van der Waals surface area contributed by atoms with Gasteiger partial charge in [-0.25, -0.2) is 0 Å². The van der Waals surface area contributed by atoms with Crippen molar-refractivity contribution < 1.29 is 0 Å². The fraction of sp³-hybridized carbons (Fsp3) is 0.0118. The van der Waals surface area contributed by atoms with Crippen molar-refractivity contribution in [1.29, 1.82) is 0 Å². The molecule has 0 radical (unpaired) electrons. The van der Waals surface area contributed by atoms with Gasteiger partial charge in [0.2, 0.25) is 0 Å². The van der Waals surface area contributed by atoms with E-state index in [0.717, 1.165) is 56.5 Å². The molecule has 0 N–H and O–H groups in total. The number of aromatic nitrogens is 2. The van der Waals surface area contributed by atoms with Crippen LogP contribution < -0.4 is 26.2 Å². The molecular formula is C85H53BN4. The fourth-order valence-electron chi connectivity index (χ4n) is 16.7. The van der Waals surface area contributed by atoms with Gasteiger partial charge in [-0.05, 0) is 162 Å². The van der Waals surface area contributed by atoms with Crippen molar-refractivity contribution in [2.75, 3.05) is 9.80 Å². The lowest BCUT2D eigenvalue weighted by molar-refractivity contribution is 0.793. The highest BCUT2D eigenvalue weighted by Crippen LogP contribution is 2.63. The van der Waals surface area contributed by atoms with Crippen LogP contribution in [0.2, 0.25) is 0 Å². The molecule has 0 saturated carbocycles. The maximum atomic E-state index is 2.66. The SMILES string of the molecule is c1ccc(-c2ccc(N3c4ccc(-c5ccccc5)cc4B4c5ccc(-n6c7ccccc7c7ccccc76)cc5N(c5ccc6c(c5)C5(c7ccccc7-c7ccccc75)c5ccccc5-6)c5cc(-n6c7ccccc7c7ccccc76)cc3c54)cc2)cc1. The average Bonchev–Trinajstić information content (AvgIpc) is 1.34. The van der Waals surface area contributed by atoms with Crippen LogP contribution in [0.25, 0.3) is 99.5 Å². The molecule has 1 spiro atoms. The van der Waals surface area contributed by atoms with Gasteiger partial charge in [0, 0.05) is 61.4 Å². The number of benzene rings is 14. The molecule has 5 heteroatoms. The number of para-hydroxylation sites is 4. The van der Waals surface area contributed by atoms with Crippen LogP contribution in [0.3, 0.4) is 0 Å². The van der Waals surface area contributed by atoms with E-state index in [1.54, 1.807) is 0 Å². The number of nitrogens with zero attached hydrogens (tertiary/aromatic N) is 4. The summed E-state index contributed by atoms with van der Waals surface area (Å²) in [5, 5.41) is 4.92. The minimum absolute atomic E-state index is 0.169. The van der Waals surface area contributed by atoms with E-state index in [1.807, 2.05) is 0 Å². The first-order chi connectivity index (χ1) is 44.7. The first-order valence-corrected chi connectivity index (χ1v) is 31.4. The quantitative estimate of drug-likeness (QED) is 0.154. The molecule has 0 unspecified atom stereocenters. The van der Waals surface area contributed by atoms with E-state index in [4.69, 9.17) is 0 Å². The van der Waals surface area contributed by atoms with E-state index in [1.165, 1.54) is 116 Å². The van der Waals surface area contributed by atoms with Crippen LogP contribution >= 0.6 is 0 Å². The molecule has 4 aliphatic rings. The van der Waals surface area contributed by atoms with Gasteiger partial charge in [-0.2, -0.15) is 0 Å². The third kappa shape index (κ3) is 6.70. The summed E-state index contributed by atoms with van der Waals surface area (Å²) in [6, 6.07) is 121. The predicted octanol–water partition coefficient (Wildman–Crippen LogP) is 19.6. The smallest absolute Gasteiger partial charge is 0.252 e. The molecule has 0 atom stereocenters. The molecule has 4 heterocycles. The van der Waals surface area contributed by atoms with Crippen LogP contribution in [0.5, 0.6) is 0 Å². The van der Waals surface area contributed by atoms with Crippen LogP contribution in [0.15, 0.2) is 322 Å². The third-order valence-electron chi connectivity index (χ3n) is 20.3. The molecule has 416 valence electrons. The van der Waals surface area contributed by atoms with Gasteiger partial charge in [-0.3, -0.25) is 0 Å². The molecule has 2 aliphatic heterocycles. The van der Waals surface area contributed by atoms with Crippen LogP contribution in [0.4, 0.5) is 34.1 Å². The minimum Gasteiger partial charge on any atom is -0.311 e. The summed E-state index contributed by atoms with van der Waals surface area (Å²) in [4.78, 5) is 5.23. The summed E-state index contributed by atoms with van der Waals surface area (Å²) < 4.78 is 5.01. The van der Waals surface area contributed by atoms with E-state index >= 15 is 0 Å². The second kappa shape index (κ2) is 18.7. The summed E-state index contributed by atoms with van der Waals surface area (Å²) in [7, 11) is 0. The van der Waals surface area contributed by atoms with Crippen LogP contribution in [0.1, 0.15) is 22.3 Å². The zero-order valence-corrected chi connectivity index (χ0v) is 49.0. The van der Waals surface area contributed by atoms with Crippen LogP contribution in [0, 0.1) is 0 Å². The van der Waals surface area contributed by atoms with Crippen molar-refractivity contribution in [1.82, 2.24) is 9.13 Å². The van der Waals surface area contributed by atoms with Gasteiger partial charge < -0.3 is 18.9 Å². The number of anilines is 6. The van der Waals surface area contributed by atoms with E-state index in [-0.39, 0.29) is 6.71 Å². The first kappa shape index (κ1) is 49.5. The van der Waals surface area contributed by atoms with Gasteiger partial charge in [0.25, 0.3) is 6.71 Å². The molecule has 0 bridgehead atoms. The van der Waals surface area contributed by atoms with Crippen molar-refractivity contribution in [2.24, 2.45) is 0 Å². The Morgan fingerprint density at radius 3 is 1.18 bits per heavy atom. The summed E-state index contributed by atoms with van der Waals surface area (Å²) >= 11 is 0. The lowest BCUT2D eigenvalue weighted by atomic mass is 9.33. The van der Waals surface area contributed by atoms with Crippen molar-refractivity contribution in [3.63, 3.8) is 0 Å². The number of hydrogen-bond donors (Lipinski definition) is 0. The van der Waals surface area contributed by atoms with Gasteiger partial charge in [0.05, 0.1) is 33.2 Å². The lowest BCUT2D eigenvalue weighted by Gasteiger charge is -2.45. The molecule has 14 aromatic carbocycles. The zero-order valence-electron chi connectivity index (χ0n) is 49.0. The molecule has 0 amide bonds. The fourth-order valence-corrected chi connectivity index (χ4v) is 16.7. The Hall–Kier alpha value is -11.7. The average molecular weight is 1140 g/mol. The second-order valence-electron chi connectivity index (χ2n) is 24.7. The third-order valence-corrected chi connectivity index (χ3v) is 20.3. The normalized spacial score (nSPS) is 13.6. The zero-order chi connectivity index (χ0) is 58.8. The van der Waals surface area contributed by atoms with E-state index in [2.05, 4.69) is 340 Å². The molecule has 0 saturated heterocycles. The van der Waals surface area contributed by atoms with E-state index in [9.17, 15) is 0 Å². The highest BCUT2D eigenvalue weighted by atomic mass is 15.2. The van der Waals surface area contributed by atoms with Gasteiger partial charge >= 0.3 is 0 Å². The van der Waals surface area contributed by atoms with Gasteiger partial charge in [-0.15, -0.1) is 0 Å². The molecule has 2 aliphatic carbocycles. The molecule has 4 nitrogen and oxygen atoms in total. The Morgan fingerprint density at radius 1 is 0.233 bits per heavy atom. The number of fused-ring (bicyclic) bond motifs is 20. The Labute approximate surface area is 521 Å². The maximum Gasteiger partial charge on any atom is 0.252 e. The number of hydrogen-bond acceptors (Lipinski definition) is 2. The maximum absolute atomic E-state index is 2.66. The topological polar surface area (TPSA) is 16.3 Å². The van der Waals surface area contributed by atoms with Crippen molar-refractivity contribution in [2.45, 2.75) is 5.41 Å². The Kier molecular flexibility index (Phi) is 10.3. The summed E-state index contributed by atoms with van der Waals surface area (Å²) in [5.74, 6) is 0. The van der Waals surface area contributed by atoms with E-state index < -0.39 is 5.41 Å². The van der Waals surface area contributed by atoms with Gasteiger partial charge in [-0.1, -0.05) is 243 Å². The highest BCUT2D eigenvalue weighted by Gasteiger charge is 2.52. The summed E-state index contributed by atoms with van der Waals surface area (Å²) in [5.41, 5.74) is 32.0. The summed E-state index contributed by atoms with van der Waals surface area (Å²) in [6.45, 7) is -0.169. The van der Waals surface area contributed by atoms with Crippen LogP contribution in [-0.2, 0) is 5.41 Å². The molecular weight excluding hydrogens is 1090 g/mol. The van der Waals surface area contributed by atoms with Crippen molar-refractivity contribution in [3.8, 4) is 55.9 Å². The number of rotatable bonds is 6. The Morgan fingerprint density at radius 2 is 0.633 bits per heavy atom. The molecule has 2 aromatic heterocycles. The predicted molar refractivity (Wildman–Crippen MR) is 376 cm³/mol. The lowest BCUT2D eigenvalue weighted by Crippen LogP contribution is -2.61. The van der Waals surface area contributed by atoms with Gasteiger partial charge in [0.15, 0.2) is 0 Å². The monoisotopic (exact) mass is 1140 g/mol. The minimum atomic E-state index is -0.555. The Bertz CT molecular complexity index is 5530. The largest absolute Gasteiger partial charge is 0.311 e. The van der Waals surface area contributed by atoms with Crippen LogP contribution in [-0.4, -0.2) is 15.8 Å². The summed E-state index contributed by atoms with van der Waals surface area (Å²) in [6.07, 6.45) is 0. The van der Waals surface area contributed by atoms with Gasteiger partial charge in [0.1, 0.15) is 0 Å². The molecule has 16 aromatic rings. The van der Waals surface area contributed by atoms with Crippen molar-refractivity contribution >= 4 is 101 Å². The second-order valence-corrected chi connectivity index (χ2v) is 24.7. The first-order valence-electron chi connectivity index (χ1n) is 31.4. The van der Waals surface area contributed by atoms with E-state index in [0.29, 0.717) is 0 Å².